The first-order valence-corrected chi connectivity index (χ1v) is 5.35. The Morgan fingerprint density at radius 2 is 2.38 bits per heavy atom. The van der Waals surface area contributed by atoms with E-state index in [0.717, 1.165) is 12.2 Å². The van der Waals surface area contributed by atoms with E-state index in [1.54, 1.807) is 11.8 Å². The highest BCUT2D eigenvalue weighted by molar-refractivity contribution is 7.99. The van der Waals surface area contributed by atoms with Crippen molar-refractivity contribution >= 4 is 11.8 Å². The van der Waals surface area contributed by atoms with E-state index in [-0.39, 0.29) is 11.9 Å². The lowest BCUT2D eigenvalue weighted by Crippen LogP contribution is -2.02. The predicted octanol–water partition coefficient (Wildman–Crippen LogP) is 1.25. The van der Waals surface area contributed by atoms with Crippen molar-refractivity contribution in [1.29, 1.82) is 0 Å². The maximum Gasteiger partial charge on any atom is 0.236 e. The molecule has 5 heteroatoms. The van der Waals surface area contributed by atoms with Crippen molar-refractivity contribution in [1.82, 2.24) is 10.1 Å². The molecule has 1 heterocycles. The molecule has 0 aliphatic heterocycles. The molecule has 4 nitrogen and oxygen atoms in total. The van der Waals surface area contributed by atoms with E-state index in [0.29, 0.717) is 11.6 Å². The van der Waals surface area contributed by atoms with Crippen LogP contribution in [0.3, 0.4) is 0 Å². The van der Waals surface area contributed by atoms with Crippen LogP contribution in [0.4, 0.5) is 0 Å². The van der Waals surface area contributed by atoms with Gasteiger partial charge in [0.2, 0.25) is 5.89 Å². The van der Waals surface area contributed by atoms with E-state index >= 15 is 0 Å². The van der Waals surface area contributed by atoms with E-state index in [2.05, 4.69) is 10.1 Å². The lowest BCUT2D eigenvalue weighted by molar-refractivity contribution is 0.300. The van der Waals surface area contributed by atoms with E-state index in [4.69, 9.17) is 9.63 Å². The van der Waals surface area contributed by atoms with Crippen LogP contribution in [0.15, 0.2) is 4.52 Å². The second kappa shape index (κ2) is 5.24. The summed E-state index contributed by atoms with van der Waals surface area (Å²) in [5, 5.41) is 12.8. The summed E-state index contributed by atoms with van der Waals surface area (Å²) < 4.78 is 4.99. The van der Waals surface area contributed by atoms with Crippen LogP contribution in [-0.4, -0.2) is 27.1 Å². The van der Waals surface area contributed by atoms with Crippen molar-refractivity contribution in [3.8, 4) is 0 Å². The number of hydrogen-bond acceptors (Lipinski definition) is 5. The maximum atomic E-state index is 8.78. The van der Waals surface area contributed by atoms with Crippen LogP contribution in [0.25, 0.3) is 0 Å². The number of aromatic nitrogens is 2. The van der Waals surface area contributed by atoms with Gasteiger partial charge in [0, 0.05) is 11.7 Å². The van der Waals surface area contributed by atoms with Gasteiger partial charge in [0.1, 0.15) is 0 Å². The fraction of sp³-hybridized carbons (Fsp3) is 0.750. The van der Waals surface area contributed by atoms with Crippen molar-refractivity contribution in [2.24, 2.45) is 0 Å². The highest BCUT2D eigenvalue weighted by Gasteiger charge is 2.07. The fourth-order valence-corrected chi connectivity index (χ4v) is 1.41. The third-order valence-electron chi connectivity index (χ3n) is 1.57. The molecule has 0 saturated carbocycles. The van der Waals surface area contributed by atoms with E-state index in [1.165, 1.54) is 0 Å². The normalized spacial score (nSPS) is 13.2. The van der Waals surface area contributed by atoms with Crippen LogP contribution in [-0.2, 0) is 12.2 Å². The van der Waals surface area contributed by atoms with Crippen LogP contribution >= 0.6 is 11.8 Å². The molecule has 1 rings (SSSR count). The molecule has 0 radical (unpaired) electrons. The summed E-state index contributed by atoms with van der Waals surface area (Å²) in [5.74, 6) is 2.06. The molecule has 0 spiro atoms. The second-order valence-corrected chi connectivity index (χ2v) is 4.19. The Morgan fingerprint density at radius 1 is 1.62 bits per heavy atom. The molecule has 1 aromatic heterocycles. The van der Waals surface area contributed by atoms with Gasteiger partial charge in [0.15, 0.2) is 5.82 Å². The Kier molecular flexibility index (Phi) is 4.24. The standard InChI is InChI=1S/C8H14N2O2S/c1-3-7-9-8(12-10-7)5-13-6(2)4-11/h6,11H,3-5H2,1-2H3. The SMILES string of the molecule is CCc1noc(CSC(C)CO)n1. The van der Waals surface area contributed by atoms with Gasteiger partial charge >= 0.3 is 0 Å². The van der Waals surface area contributed by atoms with Crippen LogP contribution in [0.2, 0.25) is 0 Å². The van der Waals surface area contributed by atoms with E-state index in [1.807, 2.05) is 13.8 Å². The zero-order valence-electron chi connectivity index (χ0n) is 7.86. The van der Waals surface area contributed by atoms with Gasteiger partial charge < -0.3 is 9.63 Å². The van der Waals surface area contributed by atoms with Crippen molar-refractivity contribution < 1.29 is 9.63 Å². The summed E-state index contributed by atoms with van der Waals surface area (Å²) in [7, 11) is 0. The lowest BCUT2D eigenvalue weighted by Gasteiger charge is -2.03. The van der Waals surface area contributed by atoms with Crippen LogP contribution in [0, 0.1) is 0 Å². The van der Waals surface area contributed by atoms with Crippen molar-refractivity contribution in [3.63, 3.8) is 0 Å². The molecule has 13 heavy (non-hydrogen) atoms. The molecule has 1 N–H and O–H groups in total. The first-order chi connectivity index (χ1) is 6.26. The summed E-state index contributed by atoms with van der Waals surface area (Å²) in [6.45, 7) is 4.12. The van der Waals surface area contributed by atoms with Gasteiger partial charge in [-0.1, -0.05) is 19.0 Å². The zero-order chi connectivity index (χ0) is 9.68. The predicted molar refractivity (Wildman–Crippen MR) is 51.5 cm³/mol. The number of rotatable bonds is 5. The number of aliphatic hydroxyl groups excluding tert-OH is 1. The molecule has 0 aliphatic carbocycles. The zero-order valence-corrected chi connectivity index (χ0v) is 8.67. The molecule has 74 valence electrons. The largest absolute Gasteiger partial charge is 0.395 e. The highest BCUT2D eigenvalue weighted by Crippen LogP contribution is 2.15. The first kappa shape index (κ1) is 10.5. The van der Waals surface area contributed by atoms with E-state index < -0.39 is 0 Å². The minimum atomic E-state index is 0.180. The fourth-order valence-electron chi connectivity index (χ4n) is 0.759. The third-order valence-corrected chi connectivity index (χ3v) is 2.71. The minimum Gasteiger partial charge on any atom is -0.395 e. The molecule has 1 aromatic rings. The monoisotopic (exact) mass is 202 g/mol. The average Bonchev–Trinajstić information content (AvgIpc) is 2.61. The van der Waals surface area contributed by atoms with Crippen LogP contribution in [0.1, 0.15) is 25.6 Å². The van der Waals surface area contributed by atoms with Gasteiger partial charge in [0.25, 0.3) is 0 Å². The van der Waals surface area contributed by atoms with Gasteiger partial charge in [-0.25, -0.2) is 0 Å². The summed E-state index contributed by atoms with van der Waals surface area (Å²) >= 11 is 1.61. The molecule has 1 unspecified atom stereocenters. The maximum absolute atomic E-state index is 8.78. The van der Waals surface area contributed by atoms with Crippen LogP contribution in [0.5, 0.6) is 0 Å². The number of hydrogen-bond donors (Lipinski definition) is 1. The Bertz CT molecular complexity index is 252. The Hall–Kier alpha value is -0.550. The second-order valence-electron chi connectivity index (χ2n) is 2.76. The van der Waals surface area contributed by atoms with Gasteiger partial charge in [-0.05, 0) is 0 Å². The van der Waals surface area contributed by atoms with Gasteiger partial charge in [-0.15, -0.1) is 11.8 Å². The highest BCUT2D eigenvalue weighted by atomic mass is 32.2. The van der Waals surface area contributed by atoms with Gasteiger partial charge in [-0.2, -0.15) is 4.98 Å². The van der Waals surface area contributed by atoms with Crippen molar-refractivity contribution in [2.45, 2.75) is 31.3 Å². The topological polar surface area (TPSA) is 59.2 Å². The summed E-state index contributed by atoms with van der Waals surface area (Å²) in [4.78, 5) is 4.15. The number of thioether (sulfide) groups is 1. The summed E-state index contributed by atoms with van der Waals surface area (Å²) in [6, 6.07) is 0. The van der Waals surface area contributed by atoms with E-state index in [9.17, 15) is 0 Å². The molecule has 0 aromatic carbocycles. The average molecular weight is 202 g/mol. The quantitative estimate of drug-likeness (QED) is 0.778. The molecule has 0 saturated heterocycles. The summed E-state index contributed by atoms with van der Waals surface area (Å²) in [6.07, 6.45) is 0.795. The van der Waals surface area contributed by atoms with Crippen molar-refractivity contribution in [3.05, 3.63) is 11.7 Å². The number of nitrogens with zero attached hydrogens (tertiary/aromatic N) is 2. The number of aliphatic hydroxyl groups is 1. The Morgan fingerprint density at radius 3 is 2.92 bits per heavy atom. The van der Waals surface area contributed by atoms with Gasteiger partial charge in [-0.3, -0.25) is 0 Å². The molecule has 0 bridgehead atoms. The molecule has 0 amide bonds. The Balaban J connectivity index is 2.36. The molecule has 0 aliphatic rings. The molecule has 1 atom stereocenters. The summed E-state index contributed by atoms with van der Waals surface area (Å²) in [5.41, 5.74) is 0. The smallest absolute Gasteiger partial charge is 0.236 e. The molecule has 0 fully saturated rings. The van der Waals surface area contributed by atoms with Crippen LogP contribution < -0.4 is 0 Å². The first-order valence-electron chi connectivity index (χ1n) is 4.30. The minimum absolute atomic E-state index is 0.180. The van der Waals surface area contributed by atoms with Gasteiger partial charge in [0.05, 0.1) is 12.4 Å². The molecular formula is C8H14N2O2S. The lowest BCUT2D eigenvalue weighted by atomic mass is 10.5. The molecular weight excluding hydrogens is 188 g/mol. The number of aryl methyl sites for hydroxylation is 1. The third kappa shape index (κ3) is 3.36. The van der Waals surface area contributed by atoms with Crippen molar-refractivity contribution in [2.75, 3.05) is 6.61 Å². The Labute approximate surface area is 81.7 Å².